The van der Waals surface area contributed by atoms with Crippen molar-refractivity contribution < 1.29 is 14.7 Å². The Morgan fingerprint density at radius 3 is 2.35 bits per heavy atom. The molecule has 1 aliphatic heterocycles. The normalized spacial score (nSPS) is 19.9. The summed E-state index contributed by atoms with van der Waals surface area (Å²) in [4.78, 5) is 26.9. The van der Waals surface area contributed by atoms with Gasteiger partial charge in [-0.3, -0.25) is 4.79 Å². The van der Waals surface area contributed by atoms with E-state index in [-0.39, 0.29) is 18.5 Å². The number of carbonyl (C=O) groups excluding carboxylic acids is 1. The number of amides is 2. The van der Waals surface area contributed by atoms with E-state index in [2.05, 4.69) is 6.92 Å². The van der Waals surface area contributed by atoms with Crippen molar-refractivity contribution in [2.45, 2.75) is 57.9 Å². The third-order valence-corrected chi connectivity index (χ3v) is 4.38. The van der Waals surface area contributed by atoms with Gasteiger partial charge in [-0.25, -0.2) is 4.79 Å². The topological polar surface area (TPSA) is 60.9 Å². The fourth-order valence-corrected chi connectivity index (χ4v) is 3.04. The molecule has 2 amide bonds. The third kappa shape index (κ3) is 4.12. The van der Waals surface area contributed by atoms with Crippen molar-refractivity contribution in [2.75, 3.05) is 19.6 Å². The molecular weight excluding hydrogens is 256 g/mol. The number of carbonyl (C=O) groups is 2. The maximum Gasteiger partial charge on any atom is 0.320 e. The molecule has 0 aromatic carbocycles. The Kier molecular flexibility index (Phi) is 5.26. The maximum atomic E-state index is 12.5. The van der Waals surface area contributed by atoms with Crippen LogP contribution in [0.1, 0.15) is 51.9 Å². The van der Waals surface area contributed by atoms with E-state index in [1.54, 1.807) is 4.90 Å². The first-order chi connectivity index (χ1) is 9.61. The lowest BCUT2D eigenvalue weighted by molar-refractivity contribution is -0.137. The molecule has 20 heavy (non-hydrogen) atoms. The van der Waals surface area contributed by atoms with E-state index < -0.39 is 5.97 Å². The summed E-state index contributed by atoms with van der Waals surface area (Å²) < 4.78 is 0. The van der Waals surface area contributed by atoms with Crippen molar-refractivity contribution in [2.24, 2.45) is 5.92 Å². The summed E-state index contributed by atoms with van der Waals surface area (Å²) in [6, 6.07) is 0.346. The highest BCUT2D eigenvalue weighted by Crippen LogP contribution is 2.29. The SMILES string of the molecule is CCCC1CCN(C(=O)N(CCC(=O)O)C2CC2)CC1. The minimum Gasteiger partial charge on any atom is -0.481 e. The molecule has 0 spiro atoms. The Bertz CT molecular complexity index is 347. The molecule has 0 aromatic heterocycles. The maximum absolute atomic E-state index is 12.5. The van der Waals surface area contributed by atoms with Crippen molar-refractivity contribution in [3.8, 4) is 0 Å². The van der Waals surface area contributed by atoms with Crippen LogP contribution in [0.3, 0.4) is 0 Å². The van der Waals surface area contributed by atoms with Crippen LogP contribution in [0.5, 0.6) is 0 Å². The molecule has 1 aliphatic carbocycles. The van der Waals surface area contributed by atoms with Gasteiger partial charge in [0.05, 0.1) is 6.42 Å². The predicted octanol–water partition coefficient (Wildman–Crippen LogP) is 2.56. The lowest BCUT2D eigenvalue weighted by Crippen LogP contribution is -2.48. The molecule has 2 fully saturated rings. The van der Waals surface area contributed by atoms with E-state index in [0.717, 1.165) is 44.7 Å². The van der Waals surface area contributed by atoms with Gasteiger partial charge in [0.1, 0.15) is 0 Å². The summed E-state index contributed by atoms with van der Waals surface area (Å²) in [7, 11) is 0. The molecule has 1 N–H and O–H groups in total. The van der Waals surface area contributed by atoms with Crippen LogP contribution in [0.25, 0.3) is 0 Å². The van der Waals surface area contributed by atoms with Gasteiger partial charge in [-0.1, -0.05) is 19.8 Å². The molecule has 0 atom stereocenters. The smallest absolute Gasteiger partial charge is 0.320 e. The molecule has 1 heterocycles. The first-order valence-electron chi connectivity index (χ1n) is 7.89. The quantitative estimate of drug-likeness (QED) is 0.814. The van der Waals surface area contributed by atoms with E-state index in [4.69, 9.17) is 5.11 Å². The van der Waals surface area contributed by atoms with Gasteiger partial charge in [-0.2, -0.15) is 0 Å². The van der Waals surface area contributed by atoms with Crippen molar-refractivity contribution in [3.05, 3.63) is 0 Å². The van der Waals surface area contributed by atoms with Gasteiger partial charge < -0.3 is 14.9 Å². The molecule has 0 unspecified atom stereocenters. The lowest BCUT2D eigenvalue weighted by atomic mass is 9.93. The van der Waals surface area contributed by atoms with Crippen molar-refractivity contribution in [1.29, 1.82) is 0 Å². The Labute approximate surface area is 120 Å². The standard InChI is InChI=1S/C15H26N2O3/c1-2-3-12-6-9-16(10-7-12)15(20)17(13-4-5-13)11-8-14(18)19/h12-13H,2-11H2,1H3,(H,18,19). The number of carboxylic acid groups (broad SMARTS) is 1. The average molecular weight is 282 g/mol. The van der Waals surface area contributed by atoms with Crippen LogP contribution in [-0.2, 0) is 4.79 Å². The summed E-state index contributed by atoms with van der Waals surface area (Å²) in [5, 5.41) is 8.80. The van der Waals surface area contributed by atoms with Crippen LogP contribution in [0.2, 0.25) is 0 Å². The van der Waals surface area contributed by atoms with Crippen LogP contribution >= 0.6 is 0 Å². The number of piperidine rings is 1. The number of aliphatic carboxylic acids is 1. The van der Waals surface area contributed by atoms with E-state index in [9.17, 15) is 9.59 Å². The molecule has 114 valence electrons. The molecule has 0 aromatic rings. The van der Waals surface area contributed by atoms with Gasteiger partial charge in [0, 0.05) is 25.7 Å². The Balaban J connectivity index is 1.83. The predicted molar refractivity (Wildman–Crippen MR) is 76.6 cm³/mol. The van der Waals surface area contributed by atoms with Gasteiger partial charge >= 0.3 is 12.0 Å². The summed E-state index contributed by atoms with van der Waals surface area (Å²) in [6.07, 6.45) is 6.76. The van der Waals surface area contributed by atoms with Crippen molar-refractivity contribution >= 4 is 12.0 Å². The lowest BCUT2D eigenvalue weighted by Gasteiger charge is -2.36. The van der Waals surface area contributed by atoms with Crippen LogP contribution in [-0.4, -0.2) is 52.6 Å². The Morgan fingerprint density at radius 1 is 1.20 bits per heavy atom. The van der Waals surface area contributed by atoms with Crippen LogP contribution in [0, 0.1) is 5.92 Å². The highest BCUT2D eigenvalue weighted by molar-refractivity contribution is 5.76. The van der Waals surface area contributed by atoms with Gasteiger partial charge in [0.15, 0.2) is 0 Å². The number of urea groups is 1. The fraction of sp³-hybridized carbons (Fsp3) is 0.867. The average Bonchev–Trinajstić information content (AvgIpc) is 3.24. The Morgan fingerprint density at radius 2 is 1.85 bits per heavy atom. The minimum atomic E-state index is -0.829. The molecule has 0 radical (unpaired) electrons. The summed E-state index contributed by atoms with van der Waals surface area (Å²) >= 11 is 0. The van der Waals surface area contributed by atoms with Crippen molar-refractivity contribution in [1.82, 2.24) is 9.80 Å². The first kappa shape index (κ1) is 15.1. The van der Waals surface area contributed by atoms with E-state index in [0.29, 0.717) is 6.54 Å². The zero-order valence-corrected chi connectivity index (χ0v) is 12.4. The highest BCUT2D eigenvalue weighted by Gasteiger charge is 2.35. The molecule has 2 rings (SSSR count). The van der Waals surface area contributed by atoms with Gasteiger partial charge in [0.2, 0.25) is 0 Å². The zero-order valence-electron chi connectivity index (χ0n) is 12.4. The van der Waals surface area contributed by atoms with Gasteiger partial charge in [-0.15, -0.1) is 0 Å². The van der Waals surface area contributed by atoms with E-state index in [1.807, 2.05) is 4.90 Å². The number of carboxylic acids is 1. The van der Waals surface area contributed by atoms with Gasteiger partial charge in [-0.05, 0) is 31.6 Å². The van der Waals surface area contributed by atoms with E-state index in [1.165, 1.54) is 12.8 Å². The molecule has 5 heteroatoms. The molecule has 2 aliphatic rings. The Hall–Kier alpha value is -1.26. The van der Waals surface area contributed by atoms with Crippen molar-refractivity contribution in [3.63, 3.8) is 0 Å². The minimum absolute atomic E-state index is 0.0501. The van der Waals surface area contributed by atoms with Gasteiger partial charge in [0.25, 0.3) is 0 Å². The fourth-order valence-electron chi connectivity index (χ4n) is 3.04. The summed E-state index contributed by atoms with van der Waals surface area (Å²) in [5.74, 6) is -0.0671. The number of likely N-dealkylation sites (tertiary alicyclic amines) is 1. The third-order valence-electron chi connectivity index (χ3n) is 4.38. The van der Waals surface area contributed by atoms with Crippen LogP contribution < -0.4 is 0 Å². The number of nitrogens with zero attached hydrogens (tertiary/aromatic N) is 2. The summed E-state index contributed by atoms with van der Waals surface area (Å²) in [5.41, 5.74) is 0. The van der Waals surface area contributed by atoms with E-state index >= 15 is 0 Å². The molecule has 1 saturated carbocycles. The second kappa shape index (κ2) is 6.95. The number of hydrogen-bond donors (Lipinski definition) is 1. The molecular formula is C15H26N2O3. The molecule has 1 saturated heterocycles. The van der Waals surface area contributed by atoms with Crippen LogP contribution in [0.15, 0.2) is 0 Å². The monoisotopic (exact) mass is 282 g/mol. The second-order valence-electron chi connectivity index (χ2n) is 6.07. The highest BCUT2D eigenvalue weighted by atomic mass is 16.4. The largest absolute Gasteiger partial charge is 0.481 e. The first-order valence-corrected chi connectivity index (χ1v) is 7.89. The number of hydrogen-bond acceptors (Lipinski definition) is 2. The zero-order chi connectivity index (χ0) is 14.5. The molecule has 5 nitrogen and oxygen atoms in total. The van der Waals surface area contributed by atoms with Crippen LogP contribution in [0.4, 0.5) is 4.79 Å². The number of rotatable bonds is 6. The molecule has 0 bridgehead atoms. The second-order valence-corrected chi connectivity index (χ2v) is 6.07. The summed E-state index contributed by atoms with van der Waals surface area (Å²) in [6.45, 7) is 4.23.